The Kier molecular flexibility index (Phi) is 3.86. The number of hydrogen-bond donors (Lipinski definition) is 2. The predicted octanol–water partition coefficient (Wildman–Crippen LogP) is 4.46. The van der Waals surface area contributed by atoms with Crippen molar-refractivity contribution in [3.05, 3.63) is 76.6 Å². The highest BCUT2D eigenvalue weighted by Gasteiger charge is 2.73. The van der Waals surface area contributed by atoms with Gasteiger partial charge in [-0.3, -0.25) is 9.88 Å². The predicted molar refractivity (Wildman–Crippen MR) is 133 cm³/mol. The van der Waals surface area contributed by atoms with E-state index in [9.17, 15) is 10.2 Å². The number of aromatic hydroxyl groups is 1. The van der Waals surface area contributed by atoms with Crippen LogP contribution in [-0.2, 0) is 18.3 Å². The lowest BCUT2D eigenvalue weighted by atomic mass is 9.48. The zero-order valence-corrected chi connectivity index (χ0v) is 20.0. The summed E-state index contributed by atoms with van der Waals surface area (Å²) in [6.07, 6.45) is 4.37. The second kappa shape index (κ2) is 6.65. The smallest absolute Gasteiger partial charge is 0.166 e. The van der Waals surface area contributed by atoms with Gasteiger partial charge in [0.1, 0.15) is 0 Å². The van der Waals surface area contributed by atoms with Gasteiger partial charge in [0.2, 0.25) is 0 Å². The second-order valence-electron chi connectivity index (χ2n) is 11.5. The molecule has 5 heteroatoms. The second-order valence-corrected chi connectivity index (χ2v) is 11.5. The Balaban J connectivity index is 1.40. The first-order chi connectivity index (χ1) is 17.0. The molecule has 1 saturated heterocycles. The fourth-order valence-electron chi connectivity index (χ4n) is 7.92. The van der Waals surface area contributed by atoms with Crippen LogP contribution < -0.4 is 4.74 Å². The van der Waals surface area contributed by atoms with E-state index in [1.165, 1.54) is 18.4 Å². The number of piperidine rings is 1. The maximum atomic E-state index is 13.0. The summed E-state index contributed by atoms with van der Waals surface area (Å²) < 4.78 is 6.68. The Hall–Kier alpha value is -2.89. The fraction of sp³-hybridized carbons (Fsp3) is 0.433. The van der Waals surface area contributed by atoms with E-state index in [-0.39, 0.29) is 11.8 Å². The van der Waals surface area contributed by atoms with Gasteiger partial charge in [-0.15, -0.1) is 0 Å². The van der Waals surface area contributed by atoms with E-state index in [0.717, 1.165) is 65.5 Å². The van der Waals surface area contributed by atoms with Crippen molar-refractivity contribution in [2.75, 3.05) is 13.1 Å². The number of aliphatic hydroxyl groups is 1. The number of aromatic nitrogens is 1. The number of phenols is 1. The average Bonchev–Trinajstić information content (AvgIpc) is 3.59. The van der Waals surface area contributed by atoms with Crippen LogP contribution in [0.4, 0.5) is 0 Å². The van der Waals surface area contributed by atoms with Gasteiger partial charge in [0, 0.05) is 30.3 Å². The third kappa shape index (κ3) is 2.48. The van der Waals surface area contributed by atoms with Crippen LogP contribution in [0, 0.1) is 12.8 Å². The number of hydrogen-bond acceptors (Lipinski definition) is 5. The first-order valence-corrected chi connectivity index (χ1v) is 13.0. The van der Waals surface area contributed by atoms with E-state index in [2.05, 4.69) is 41.3 Å². The quantitative estimate of drug-likeness (QED) is 0.597. The van der Waals surface area contributed by atoms with Crippen LogP contribution in [0.25, 0.3) is 11.1 Å². The zero-order chi connectivity index (χ0) is 23.5. The van der Waals surface area contributed by atoms with Gasteiger partial charge in [-0.05, 0) is 79.5 Å². The van der Waals surface area contributed by atoms with Crippen LogP contribution in [0.1, 0.15) is 53.4 Å². The number of aryl methyl sites for hydroxylation is 1. The lowest BCUT2D eigenvalue weighted by Gasteiger charge is -2.63. The number of pyridine rings is 1. The van der Waals surface area contributed by atoms with E-state index >= 15 is 0 Å². The molecule has 2 unspecified atom stereocenters. The molecule has 1 aromatic heterocycles. The summed E-state index contributed by atoms with van der Waals surface area (Å²) in [5, 5.41) is 23.8. The summed E-state index contributed by atoms with van der Waals surface area (Å²) in [7, 11) is 0. The van der Waals surface area contributed by atoms with Crippen LogP contribution in [-0.4, -0.2) is 44.8 Å². The normalized spacial score (nSPS) is 32.1. The summed E-state index contributed by atoms with van der Waals surface area (Å²) >= 11 is 0. The van der Waals surface area contributed by atoms with E-state index in [0.29, 0.717) is 12.2 Å². The van der Waals surface area contributed by atoms with E-state index in [1.54, 1.807) is 6.07 Å². The van der Waals surface area contributed by atoms with E-state index in [4.69, 9.17) is 9.72 Å². The summed E-state index contributed by atoms with van der Waals surface area (Å²) in [4.78, 5) is 7.63. The Morgan fingerprint density at radius 1 is 1.14 bits per heavy atom. The molecule has 2 aromatic carbocycles. The van der Waals surface area contributed by atoms with Gasteiger partial charge in [0.05, 0.1) is 16.7 Å². The molecule has 2 bridgehead atoms. The molecule has 2 N–H and O–H groups in total. The first-order valence-electron chi connectivity index (χ1n) is 13.0. The van der Waals surface area contributed by atoms with Crippen molar-refractivity contribution < 1.29 is 14.9 Å². The molecular weight excluding hydrogens is 436 g/mol. The average molecular weight is 467 g/mol. The number of fused-ring (bicyclic) bond motifs is 2. The Bertz CT molecular complexity index is 1380. The molecule has 3 heterocycles. The molecule has 2 aliphatic heterocycles. The van der Waals surface area contributed by atoms with Crippen LogP contribution >= 0.6 is 0 Å². The van der Waals surface area contributed by atoms with Crippen molar-refractivity contribution in [1.29, 1.82) is 0 Å². The number of nitrogens with zero attached hydrogens (tertiary/aromatic N) is 2. The van der Waals surface area contributed by atoms with Crippen LogP contribution in [0.3, 0.4) is 0 Å². The molecule has 3 aromatic rings. The fourth-order valence-corrected chi connectivity index (χ4v) is 7.92. The van der Waals surface area contributed by atoms with Crippen molar-refractivity contribution >= 4 is 0 Å². The number of rotatable bonds is 3. The van der Waals surface area contributed by atoms with Crippen LogP contribution in [0.5, 0.6) is 11.5 Å². The summed E-state index contributed by atoms with van der Waals surface area (Å²) in [5.74, 6) is 1.50. The van der Waals surface area contributed by atoms with Gasteiger partial charge in [-0.2, -0.15) is 0 Å². The lowest BCUT2D eigenvalue weighted by Crippen LogP contribution is -2.74. The summed E-state index contributed by atoms with van der Waals surface area (Å²) in [5.41, 5.74) is 5.96. The third-order valence-corrected chi connectivity index (χ3v) is 9.58. The molecule has 2 fully saturated rings. The Morgan fingerprint density at radius 3 is 2.77 bits per heavy atom. The van der Waals surface area contributed by atoms with Gasteiger partial charge in [0.15, 0.2) is 17.6 Å². The van der Waals surface area contributed by atoms with Crippen molar-refractivity contribution in [2.45, 2.75) is 62.2 Å². The lowest BCUT2D eigenvalue weighted by molar-refractivity contribution is -0.173. The molecule has 178 valence electrons. The molecule has 35 heavy (non-hydrogen) atoms. The molecule has 1 spiro atoms. The van der Waals surface area contributed by atoms with Crippen molar-refractivity contribution in [1.82, 2.24) is 9.88 Å². The first kappa shape index (κ1) is 20.3. The maximum absolute atomic E-state index is 13.0. The Labute approximate surface area is 205 Å². The highest BCUT2D eigenvalue weighted by atomic mass is 16.5. The molecular formula is C30H30N2O3. The van der Waals surface area contributed by atoms with Crippen molar-refractivity contribution in [3.8, 4) is 22.6 Å². The minimum atomic E-state index is -0.982. The summed E-state index contributed by atoms with van der Waals surface area (Å²) in [6, 6.07) is 16.5. The standard InChI is InChI=1S/C30H30N2O3/c1-17-13-21(19-5-3-2-4-6-19)22-15-30(34)24-14-20-9-10-23(33)27-25(20)29(30,28(35-27)26(22)31-17)11-12-32(24)16-18-7-8-18/h2-6,9-10,13,18,24,28,33-34H,7-8,11-12,14-16H2,1H3/t24?,28-,29?,30+/m0/s1. The highest BCUT2D eigenvalue weighted by molar-refractivity contribution is 5.72. The molecule has 4 atom stereocenters. The zero-order valence-electron chi connectivity index (χ0n) is 20.0. The van der Waals surface area contributed by atoms with E-state index < -0.39 is 17.1 Å². The van der Waals surface area contributed by atoms with Gasteiger partial charge in [-0.25, -0.2) is 0 Å². The largest absolute Gasteiger partial charge is 0.504 e. The van der Waals surface area contributed by atoms with Gasteiger partial charge in [0.25, 0.3) is 0 Å². The number of likely N-dealkylation sites (tertiary alicyclic amines) is 1. The summed E-state index contributed by atoms with van der Waals surface area (Å²) in [6.45, 7) is 4.06. The SMILES string of the molecule is Cc1cc(-c2ccccc2)c2c(n1)[C@@H]1Oc3c(O)ccc4c3C13CCN(CC1CC1)C(C4)[C@]3(O)C2. The molecule has 5 nitrogen and oxygen atoms in total. The van der Waals surface area contributed by atoms with E-state index in [1.807, 2.05) is 13.0 Å². The van der Waals surface area contributed by atoms with Crippen molar-refractivity contribution in [3.63, 3.8) is 0 Å². The molecule has 0 radical (unpaired) electrons. The maximum Gasteiger partial charge on any atom is 0.166 e. The van der Waals surface area contributed by atoms with Gasteiger partial charge < -0.3 is 14.9 Å². The van der Waals surface area contributed by atoms with Gasteiger partial charge >= 0.3 is 0 Å². The Morgan fingerprint density at radius 2 is 1.97 bits per heavy atom. The molecule has 1 saturated carbocycles. The minimum Gasteiger partial charge on any atom is -0.504 e. The topological polar surface area (TPSA) is 65.8 Å². The molecule has 3 aliphatic carbocycles. The molecule has 5 aliphatic rings. The highest BCUT2D eigenvalue weighted by Crippen LogP contribution is 2.69. The molecule has 8 rings (SSSR count). The number of phenolic OH excluding ortho intramolecular Hbond substituents is 1. The number of ether oxygens (including phenoxy) is 1. The molecule has 0 amide bonds. The van der Waals surface area contributed by atoms with Crippen LogP contribution in [0.2, 0.25) is 0 Å². The monoisotopic (exact) mass is 466 g/mol. The number of benzene rings is 2. The minimum absolute atomic E-state index is 0.0315. The van der Waals surface area contributed by atoms with Gasteiger partial charge in [-0.1, -0.05) is 36.4 Å². The third-order valence-electron chi connectivity index (χ3n) is 9.58. The van der Waals surface area contributed by atoms with Crippen molar-refractivity contribution in [2.24, 2.45) is 5.92 Å². The van der Waals surface area contributed by atoms with Crippen LogP contribution in [0.15, 0.2) is 48.5 Å².